The highest BCUT2D eigenvalue weighted by atomic mass is 19.1. The number of fused-ring (bicyclic) bond motifs is 2. The number of carbonyl (C=O) groups is 1. The largest absolute Gasteiger partial charge is 0.492 e. The Bertz CT molecular complexity index is 1500. The van der Waals surface area contributed by atoms with Gasteiger partial charge in [-0.3, -0.25) is 9.78 Å². The van der Waals surface area contributed by atoms with E-state index in [4.69, 9.17) is 14.2 Å². The molecular weight excluding hydrogens is 477 g/mol. The predicted octanol–water partition coefficient (Wildman–Crippen LogP) is 4.53. The van der Waals surface area contributed by atoms with Gasteiger partial charge in [0.05, 0.1) is 55.1 Å². The first kappa shape index (κ1) is 23.2. The number of pyridine rings is 2. The standard InChI is InChI=1S/C27H26FN5O4/c1-35-20-9-8-18-23(32-20)16(10-11-29-18)24-25(31-19-5-3-4-17(28)26(19)36-2)21-22(33-24)14(12-30-27(21)34)13-37-15-6-7-15/h3-5,8-11,14-15,31,33H,6-7,12-13H2,1-2H3,(H,30,34)/t14-/m0/s1. The molecule has 4 aromatic rings. The summed E-state index contributed by atoms with van der Waals surface area (Å²) in [5, 5.41) is 6.27. The monoisotopic (exact) mass is 503 g/mol. The number of H-pyrrole nitrogens is 1. The number of nitrogens with one attached hydrogen (secondary N) is 3. The lowest BCUT2D eigenvalue weighted by Gasteiger charge is -2.23. The maximum absolute atomic E-state index is 14.6. The van der Waals surface area contributed by atoms with Gasteiger partial charge in [0.25, 0.3) is 5.91 Å². The average Bonchev–Trinajstić information content (AvgIpc) is 3.67. The first-order valence-corrected chi connectivity index (χ1v) is 12.1. The minimum Gasteiger partial charge on any atom is -0.492 e. The SMILES string of the molecule is COc1ccc2nccc(-c3[nH]c4c(c3Nc3cccc(F)c3OC)C(=O)NC[C@H]4COC3CC3)c2n1. The Hall–Kier alpha value is -4.18. The van der Waals surface area contributed by atoms with Crippen LogP contribution in [0.2, 0.25) is 0 Å². The number of benzene rings is 1. The Morgan fingerprint density at radius 3 is 2.78 bits per heavy atom. The van der Waals surface area contributed by atoms with Crippen LogP contribution in [0, 0.1) is 5.82 Å². The van der Waals surface area contributed by atoms with E-state index in [-0.39, 0.29) is 23.7 Å². The summed E-state index contributed by atoms with van der Waals surface area (Å²) >= 11 is 0. The van der Waals surface area contributed by atoms with E-state index in [2.05, 4.69) is 25.6 Å². The molecule has 1 atom stereocenters. The van der Waals surface area contributed by atoms with Crippen molar-refractivity contribution in [3.8, 4) is 22.9 Å². The Balaban J connectivity index is 1.55. The third kappa shape index (κ3) is 4.23. The van der Waals surface area contributed by atoms with Crippen molar-refractivity contribution >= 4 is 28.3 Å². The molecule has 3 N–H and O–H groups in total. The van der Waals surface area contributed by atoms with Crippen molar-refractivity contribution in [1.82, 2.24) is 20.3 Å². The van der Waals surface area contributed by atoms with E-state index in [1.165, 1.54) is 13.2 Å². The lowest BCUT2D eigenvalue weighted by atomic mass is 9.96. The minimum absolute atomic E-state index is 0.0487. The number of halogens is 1. The van der Waals surface area contributed by atoms with Crippen molar-refractivity contribution in [2.75, 3.05) is 32.7 Å². The van der Waals surface area contributed by atoms with Crippen molar-refractivity contribution in [2.45, 2.75) is 24.9 Å². The van der Waals surface area contributed by atoms with Gasteiger partial charge in [-0.2, -0.15) is 0 Å². The summed E-state index contributed by atoms with van der Waals surface area (Å²) < 4.78 is 31.2. The zero-order valence-electron chi connectivity index (χ0n) is 20.4. The normalized spacial score (nSPS) is 16.8. The summed E-state index contributed by atoms with van der Waals surface area (Å²) in [6.07, 6.45) is 4.09. The Morgan fingerprint density at radius 1 is 1.14 bits per heavy atom. The number of hydrogen-bond donors (Lipinski definition) is 3. The van der Waals surface area contributed by atoms with Crippen molar-refractivity contribution < 1.29 is 23.4 Å². The van der Waals surface area contributed by atoms with E-state index >= 15 is 0 Å². The molecule has 1 aliphatic heterocycles. The highest BCUT2D eigenvalue weighted by Crippen LogP contribution is 2.43. The summed E-state index contributed by atoms with van der Waals surface area (Å²) in [5.74, 6) is -0.339. The van der Waals surface area contributed by atoms with Gasteiger partial charge in [0.1, 0.15) is 5.52 Å². The molecule has 1 fully saturated rings. The maximum Gasteiger partial charge on any atom is 0.255 e. The fourth-order valence-electron chi connectivity index (χ4n) is 4.70. The second kappa shape index (κ2) is 9.36. The first-order chi connectivity index (χ1) is 18.1. The molecule has 1 aromatic carbocycles. The summed E-state index contributed by atoms with van der Waals surface area (Å²) in [4.78, 5) is 25.8. The number of nitrogens with zero attached hydrogens (tertiary/aromatic N) is 2. The molecule has 6 rings (SSSR count). The number of ether oxygens (including phenoxy) is 3. The molecule has 2 aliphatic rings. The number of rotatable bonds is 8. The van der Waals surface area contributed by atoms with Crippen molar-refractivity contribution in [3.05, 3.63) is 59.7 Å². The molecule has 190 valence electrons. The third-order valence-electron chi connectivity index (χ3n) is 6.70. The van der Waals surface area contributed by atoms with Crippen LogP contribution in [0.5, 0.6) is 11.6 Å². The average molecular weight is 504 g/mol. The third-order valence-corrected chi connectivity index (χ3v) is 6.70. The molecule has 0 radical (unpaired) electrons. The van der Waals surface area contributed by atoms with E-state index in [9.17, 15) is 9.18 Å². The van der Waals surface area contributed by atoms with E-state index in [0.717, 1.165) is 18.5 Å². The fraction of sp³-hybridized carbons (Fsp3) is 0.296. The summed E-state index contributed by atoms with van der Waals surface area (Å²) in [5.41, 5.74) is 4.68. The van der Waals surface area contributed by atoms with Gasteiger partial charge in [0.2, 0.25) is 5.88 Å². The molecule has 0 spiro atoms. The number of aromatic nitrogens is 3. The van der Waals surface area contributed by atoms with Gasteiger partial charge in [-0.25, -0.2) is 9.37 Å². The molecule has 3 aromatic heterocycles. The van der Waals surface area contributed by atoms with Crippen LogP contribution in [0.25, 0.3) is 22.3 Å². The van der Waals surface area contributed by atoms with Crippen LogP contribution in [-0.4, -0.2) is 54.3 Å². The quantitative estimate of drug-likeness (QED) is 0.324. The zero-order valence-corrected chi connectivity index (χ0v) is 20.4. The van der Waals surface area contributed by atoms with Gasteiger partial charge in [0, 0.05) is 36.0 Å². The Morgan fingerprint density at radius 2 is 2.00 bits per heavy atom. The van der Waals surface area contributed by atoms with Crippen molar-refractivity contribution in [3.63, 3.8) is 0 Å². The van der Waals surface area contributed by atoms with Crippen LogP contribution in [0.1, 0.15) is 34.8 Å². The van der Waals surface area contributed by atoms with E-state index in [1.807, 2.05) is 12.1 Å². The van der Waals surface area contributed by atoms with Crippen molar-refractivity contribution in [2.24, 2.45) is 0 Å². The molecule has 1 saturated carbocycles. The summed E-state index contributed by atoms with van der Waals surface area (Å²) in [7, 11) is 2.96. The predicted molar refractivity (Wildman–Crippen MR) is 136 cm³/mol. The number of para-hydroxylation sites is 1. The lowest BCUT2D eigenvalue weighted by Crippen LogP contribution is -2.36. The van der Waals surface area contributed by atoms with E-state index < -0.39 is 5.82 Å². The molecule has 1 amide bonds. The molecular formula is C27H26FN5O4. The summed E-state index contributed by atoms with van der Waals surface area (Å²) in [6.45, 7) is 0.925. The Kier molecular flexibility index (Phi) is 5.88. The van der Waals surface area contributed by atoms with Gasteiger partial charge in [0.15, 0.2) is 11.6 Å². The minimum atomic E-state index is -0.514. The number of hydrogen-bond acceptors (Lipinski definition) is 7. The van der Waals surface area contributed by atoms with Crippen LogP contribution in [0.4, 0.5) is 15.8 Å². The van der Waals surface area contributed by atoms with Gasteiger partial charge in [-0.1, -0.05) is 6.07 Å². The van der Waals surface area contributed by atoms with Gasteiger partial charge in [-0.05, 0) is 37.1 Å². The zero-order chi connectivity index (χ0) is 25.5. The van der Waals surface area contributed by atoms with Crippen LogP contribution in [0.15, 0.2) is 42.6 Å². The number of carbonyl (C=O) groups excluding carboxylic acids is 1. The molecule has 4 heterocycles. The topological polar surface area (TPSA) is 110 Å². The van der Waals surface area contributed by atoms with Crippen LogP contribution < -0.4 is 20.1 Å². The van der Waals surface area contributed by atoms with Crippen LogP contribution >= 0.6 is 0 Å². The molecule has 10 heteroatoms. The number of anilines is 2. The summed E-state index contributed by atoms with van der Waals surface area (Å²) in [6, 6.07) is 10.0. The highest BCUT2D eigenvalue weighted by molar-refractivity contribution is 6.08. The highest BCUT2D eigenvalue weighted by Gasteiger charge is 2.35. The first-order valence-electron chi connectivity index (χ1n) is 12.1. The molecule has 1 aliphatic carbocycles. The van der Waals surface area contributed by atoms with Crippen LogP contribution in [-0.2, 0) is 4.74 Å². The second-order valence-electron chi connectivity index (χ2n) is 9.13. The smallest absolute Gasteiger partial charge is 0.255 e. The molecule has 37 heavy (non-hydrogen) atoms. The van der Waals surface area contributed by atoms with Crippen LogP contribution in [0.3, 0.4) is 0 Å². The molecule has 9 nitrogen and oxygen atoms in total. The van der Waals surface area contributed by atoms with Crippen molar-refractivity contribution in [1.29, 1.82) is 0 Å². The number of aromatic amines is 1. The maximum atomic E-state index is 14.6. The second-order valence-corrected chi connectivity index (χ2v) is 9.13. The van der Waals surface area contributed by atoms with E-state index in [0.29, 0.717) is 58.3 Å². The fourth-order valence-corrected chi connectivity index (χ4v) is 4.70. The Labute approximate surface area is 212 Å². The van der Waals surface area contributed by atoms with E-state index in [1.54, 1.807) is 31.5 Å². The lowest BCUT2D eigenvalue weighted by molar-refractivity contribution is 0.0869. The molecule has 0 bridgehead atoms. The van der Waals surface area contributed by atoms with Gasteiger partial charge < -0.3 is 29.8 Å². The van der Waals surface area contributed by atoms with Gasteiger partial charge >= 0.3 is 0 Å². The molecule has 0 saturated heterocycles. The number of methoxy groups -OCH3 is 2. The molecule has 0 unspecified atom stereocenters. The number of amides is 1. The van der Waals surface area contributed by atoms with Gasteiger partial charge in [-0.15, -0.1) is 0 Å².